The van der Waals surface area contributed by atoms with E-state index in [1.165, 1.54) is 5.57 Å². The van der Waals surface area contributed by atoms with Crippen LogP contribution in [0.5, 0.6) is 0 Å². The summed E-state index contributed by atoms with van der Waals surface area (Å²) in [7, 11) is 0. The summed E-state index contributed by atoms with van der Waals surface area (Å²) in [6, 6.07) is 7.84. The number of allylic oxidation sites excluding steroid dienone is 1. The van der Waals surface area contributed by atoms with Gasteiger partial charge in [-0.25, -0.2) is 9.78 Å². The minimum absolute atomic E-state index is 0.0425. The number of anilines is 1. The summed E-state index contributed by atoms with van der Waals surface area (Å²) in [6.07, 6.45) is 7.67. The van der Waals surface area contributed by atoms with Crippen molar-refractivity contribution >= 4 is 28.2 Å². The van der Waals surface area contributed by atoms with Gasteiger partial charge in [-0.15, -0.1) is 0 Å². The Morgan fingerprint density at radius 1 is 1.18 bits per heavy atom. The van der Waals surface area contributed by atoms with Gasteiger partial charge in [0.15, 0.2) is 0 Å². The van der Waals surface area contributed by atoms with Crippen LogP contribution in [0.3, 0.4) is 0 Å². The molecule has 0 amide bonds. The molecule has 5 rings (SSSR count). The topological polar surface area (TPSA) is 55.9 Å². The summed E-state index contributed by atoms with van der Waals surface area (Å²) in [5, 5.41) is 5.35. The average molecular weight is 472 g/mol. The molecule has 2 aromatic rings. The zero-order chi connectivity index (χ0) is 23.1. The number of likely N-dealkylation sites (tertiary alicyclic amines) is 1. The lowest BCUT2D eigenvalue weighted by atomic mass is 9.80. The Hall–Kier alpha value is -1.70. The van der Waals surface area contributed by atoms with Crippen molar-refractivity contribution in [2.45, 2.75) is 63.9 Å². The second kappa shape index (κ2) is 9.16. The normalized spacial score (nSPS) is 27.5. The maximum atomic E-state index is 6.60. The molecule has 3 aliphatic rings. The molecular weight excluding hydrogens is 438 g/mol. The van der Waals surface area contributed by atoms with Crippen LogP contribution < -0.4 is 5.32 Å². The number of aromatic nitrogens is 1. The van der Waals surface area contributed by atoms with Gasteiger partial charge in [-0.3, -0.25) is 4.98 Å². The number of hydrogen-bond donors (Lipinski definition) is 1. The van der Waals surface area contributed by atoms with Gasteiger partial charge in [-0.1, -0.05) is 37.1 Å². The third-order valence-corrected chi connectivity index (χ3v) is 7.65. The van der Waals surface area contributed by atoms with Crippen molar-refractivity contribution in [3.05, 3.63) is 47.1 Å². The SMILES string of the molecule is CC(C)C1=C[C@@H]2OC3(CCN(CCNc4ccnc5cc(Cl)ccc45)CC3)OO[C@]2(C)CC1. The molecule has 2 saturated heterocycles. The van der Waals surface area contributed by atoms with Crippen molar-refractivity contribution in [3.8, 4) is 0 Å². The summed E-state index contributed by atoms with van der Waals surface area (Å²) in [6.45, 7) is 10.3. The van der Waals surface area contributed by atoms with Crippen LogP contribution in [-0.4, -0.2) is 53.6 Å². The first-order valence-corrected chi connectivity index (χ1v) is 12.5. The van der Waals surface area contributed by atoms with E-state index in [9.17, 15) is 0 Å². The molecule has 0 unspecified atom stereocenters. The van der Waals surface area contributed by atoms with E-state index in [4.69, 9.17) is 26.1 Å². The molecule has 2 atom stereocenters. The molecule has 3 heterocycles. The van der Waals surface area contributed by atoms with E-state index in [2.05, 4.69) is 42.0 Å². The van der Waals surface area contributed by atoms with Crippen molar-refractivity contribution in [2.24, 2.45) is 5.92 Å². The highest BCUT2D eigenvalue weighted by molar-refractivity contribution is 6.31. The molecule has 7 heteroatoms. The molecule has 2 fully saturated rings. The van der Waals surface area contributed by atoms with E-state index in [-0.39, 0.29) is 11.7 Å². The van der Waals surface area contributed by atoms with Gasteiger partial charge in [0.05, 0.1) is 5.52 Å². The fourth-order valence-corrected chi connectivity index (χ4v) is 5.25. The zero-order valence-electron chi connectivity index (χ0n) is 19.8. The Kier molecular flexibility index (Phi) is 6.40. The summed E-state index contributed by atoms with van der Waals surface area (Å²) < 4.78 is 6.60. The fraction of sp³-hybridized carbons (Fsp3) is 0.577. The van der Waals surface area contributed by atoms with Crippen LogP contribution in [0.4, 0.5) is 5.69 Å². The Balaban J connectivity index is 1.15. The van der Waals surface area contributed by atoms with Gasteiger partial charge in [-0.2, -0.15) is 0 Å². The third kappa shape index (κ3) is 4.77. The van der Waals surface area contributed by atoms with Gasteiger partial charge < -0.3 is 15.0 Å². The third-order valence-electron chi connectivity index (χ3n) is 7.41. The maximum Gasteiger partial charge on any atom is 0.204 e. The number of halogens is 1. The second-order valence-corrected chi connectivity index (χ2v) is 10.5. The summed E-state index contributed by atoms with van der Waals surface area (Å²) in [5.74, 6) is -0.0919. The molecule has 2 aliphatic heterocycles. The molecule has 0 bridgehead atoms. The number of benzene rings is 1. The number of nitrogens with one attached hydrogen (secondary N) is 1. The van der Waals surface area contributed by atoms with Crippen LogP contribution in [0.25, 0.3) is 10.9 Å². The van der Waals surface area contributed by atoms with Crippen LogP contribution in [0.2, 0.25) is 5.02 Å². The number of rotatable bonds is 5. The van der Waals surface area contributed by atoms with E-state index < -0.39 is 5.79 Å². The Morgan fingerprint density at radius 2 is 2.00 bits per heavy atom. The lowest BCUT2D eigenvalue weighted by molar-refractivity contribution is -0.527. The van der Waals surface area contributed by atoms with E-state index >= 15 is 0 Å². The summed E-state index contributed by atoms with van der Waals surface area (Å²) >= 11 is 6.11. The number of hydrogen-bond acceptors (Lipinski definition) is 6. The molecule has 33 heavy (non-hydrogen) atoms. The van der Waals surface area contributed by atoms with Crippen molar-refractivity contribution in [1.29, 1.82) is 0 Å². The highest BCUT2D eigenvalue weighted by Crippen LogP contribution is 2.44. The summed E-state index contributed by atoms with van der Waals surface area (Å²) in [5.41, 5.74) is 3.07. The fourth-order valence-electron chi connectivity index (χ4n) is 5.08. The van der Waals surface area contributed by atoms with E-state index in [0.29, 0.717) is 10.9 Å². The van der Waals surface area contributed by atoms with Crippen LogP contribution in [0, 0.1) is 5.92 Å². The minimum atomic E-state index is -0.634. The van der Waals surface area contributed by atoms with Crippen molar-refractivity contribution in [2.75, 3.05) is 31.5 Å². The van der Waals surface area contributed by atoms with E-state index in [1.807, 2.05) is 30.5 Å². The van der Waals surface area contributed by atoms with Gasteiger partial charge in [-0.05, 0) is 49.9 Å². The largest absolute Gasteiger partial charge is 0.383 e. The van der Waals surface area contributed by atoms with Gasteiger partial charge in [0.25, 0.3) is 0 Å². The maximum absolute atomic E-state index is 6.60. The van der Waals surface area contributed by atoms with Gasteiger partial charge in [0, 0.05) is 61.3 Å². The Morgan fingerprint density at radius 3 is 2.79 bits per heavy atom. The molecule has 1 spiro atoms. The van der Waals surface area contributed by atoms with E-state index in [0.717, 1.165) is 68.5 Å². The number of nitrogens with zero attached hydrogens (tertiary/aromatic N) is 2. The number of fused-ring (bicyclic) bond motifs is 2. The number of piperidine rings is 1. The van der Waals surface area contributed by atoms with Gasteiger partial charge >= 0.3 is 0 Å². The van der Waals surface area contributed by atoms with Gasteiger partial charge in [0.1, 0.15) is 11.7 Å². The molecule has 1 aromatic carbocycles. The van der Waals surface area contributed by atoms with Crippen molar-refractivity contribution < 1.29 is 14.5 Å². The van der Waals surface area contributed by atoms with Crippen molar-refractivity contribution in [3.63, 3.8) is 0 Å². The highest BCUT2D eigenvalue weighted by Gasteiger charge is 2.52. The number of pyridine rings is 1. The summed E-state index contributed by atoms with van der Waals surface area (Å²) in [4.78, 5) is 18.8. The molecule has 1 aliphatic carbocycles. The first-order valence-electron chi connectivity index (χ1n) is 12.1. The van der Waals surface area contributed by atoms with Crippen LogP contribution >= 0.6 is 11.6 Å². The second-order valence-electron chi connectivity index (χ2n) is 10.1. The zero-order valence-corrected chi connectivity index (χ0v) is 20.5. The first kappa shape index (κ1) is 23.1. The molecule has 178 valence electrons. The Bertz CT molecular complexity index is 1030. The quantitative estimate of drug-likeness (QED) is 0.454. The lowest BCUT2D eigenvalue weighted by Crippen LogP contribution is -2.60. The lowest BCUT2D eigenvalue weighted by Gasteiger charge is -2.51. The van der Waals surface area contributed by atoms with Crippen LogP contribution in [0.15, 0.2) is 42.1 Å². The average Bonchev–Trinajstić information content (AvgIpc) is 2.80. The predicted octanol–water partition coefficient (Wildman–Crippen LogP) is 5.57. The van der Waals surface area contributed by atoms with Crippen LogP contribution in [0.1, 0.15) is 46.5 Å². The minimum Gasteiger partial charge on any atom is -0.383 e. The molecule has 1 N–H and O–H groups in total. The van der Waals surface area contributed by atoms with Crippen molar-refractivity contribution in [1.82, 2.24) is 9.88 Å². The molecular formula is C26H34ClN3O3. The standard InChI is InChI=1S/C26H34ClN3O3/c1-18(2)19-6-8-25(3)24(16-19)31-26(33-32-25)9-13-30(14-10-26)15-12-29-22-7-11-28-23-17-20(27)4-5-21(22)23/h4-5,7,11,16-18,24H,6,8-10,12-15H2,1-3H3,(H,28,29)/t24-,25+/m0/s1. The van der Waals surface area contributed by atoms with Gasteiger partial charge in [0.2, 0.25) is 5.79 Å². The molecule has 0 saturated carbocycles. The van der Waals surface area contributed by atoms with E-state index in [1.54, 1.807) is 0 Å². The molecule has 0 radical (unpaired) electrons. The Labute approximate surface area is 201 Å². The first-order chi connectivity index (χ1) is 15.9. The smallest absolute Gasteiger partial charge is 0.204 e. The molecule has 6 nitrogen and oxygen atoms in total. The predicted molar refractivity (Wildman–Crippen MR) is 131 cm³/mol. The molecule has 1 aromatic heterocycles. The highest BCUT2D eigenvalue weighted by atomic mass is 35.5. The van der Waals surface area contributed by atoms with Crippen LogP contribution in [-0.2, 0) is 14.5 Å². The monoisotopic (exact) mass is 471 g/mol. The number of ether oxygens (including phenoxy) is 1.